The molecule has 0 bridgehead atoms. The highest BCUT2D eigenvalue weighted by Crippen LogP contribution is 2.20. The highest BCUT2D eigenvalue weighted by atomic mass is 19.1. The molecular weight excluding hydrogens is 207 g/mol. The van der Waals surface area contributed by atoms with E-state index in [1.165, 1.54) is 18.3 Å². The summed E-state index contributed by atoms with van der Waals surface area (Å²) < 4.78 is 13.1. The van der Waals surface area contributed by atoms with Gasteiger partial charge in [0.2, 0.25) is 0 Å². The second kappa shape index (κ2) is 4.18. The van der Waals surface area contributed by atoms with Crippen LogP contribution in [0.4, 0.5) is 4.39 Å². The van der Waals surface area contributed by atoms with Crippen LogP contribution in [0.5, 0.6) is 0 Å². The largest absolute Gasteiger partial charge is 0.298 e. The Bertz CT molecular complexity index is 540. The molecule has 0 radical (unpaired) electrons. The molecule has 0 N–H and O–H groups in total. The average Bonchev–Trinajstić information content (AvgIpc) is 2.29. The van der Waals surface area contributed by atoms with Crippen LogP contribution in [0.1, 0.15) is 16.2 Å². The van der Waals surface area contributed by atoms with E-state index in [1.54, 1.807) is 19.1 Å². The van der Waals surface area contributed by atoms with Crippen LogP contribution in [0.25, 0.3) is 11.3 Å². The van der Waals surface area contributed by atoms with Crippen LogP contribution >= 0.6 is 0 Å². The SMILES string of the molecule is Cc1ncc(C=O)c(-c2cccc(F)c2)n1. The minimum atomic E-state index is -0.356. The van der Waals surface area contributed by atoms with Gasteiger partial charge in [-0.3, -0.25) is 4.79 Å². The van der Waals surface area contributed by atoms with Gasteiger partial charge in [-0.15, -0.1) is 0 Å². The van der Waals surface area contributed by atoms with E-state index >= 15 is 0 Å². The topological polar surface area (TPSA) is 42.9 Å². The van der Waals surface area contributed by atoms with Gasteiger partial charge in [0, 0.05) is 11.8 Å². The van der Waals surface area contributed by atoms with Gasteiger partial charge in [0.1, 0.15) is 11.6 Å². The van der Waals surface area contributed by atoms with Gasteiger partial charge >= 0.3 is 0 Å². The molecule has 4 heteroatoms. The van der Waals surface area contributed by atoms with Crippen molar-refractivity contribution in [2.24, 2.45) is 0 Å². The van der Waals surface area contributed by atoms with Crippen molar-refractivity contribution in [3.8, 4) is 11.3 Å². The Balaban J connectivity index is 2.62. The van der Waals surface area contributed by atoms with E-state index in [9.17, 15) is 9.18 Å². The fraction of sp³-hybridized carbons (Fsp3) is 0.0833. The molecule has 0 atom stereocenters. The van der Waals surface area contributed by atoms with Gasteiger partial charge in [-0.25, -0.2) is 14.4 Å². The Labute approximate surface area is 92.0 Å². The van der Waals surface area contributed by atoms with Crippen molar-refractivity contribution in [2.75, 3.05) is 0 Å². The number of aldehydes is 1. The molecule has 0 spiro atoms. The number of carbonyl (C=O) groups excluding carboxylic acids is 1. The van der Waals surface area contributed by atoms with Crippen molar-refractivity contribution in [1.29, 1.82) is 0 Å². The third-order valence-corrected chi connectivity index (χ3v) is 2.16. The van der Waals surface area contributed by atoms with Gasteiger partial charge in [0.25, 0.3) is 0 Å². The fourth-order valence-corrected chi connectivity index (χ4v) is 1.43. The monoisotopic (exact) mass is 216 g/mol. The van der Waals surface area contributed by atoms with Crippen molar-refractivity contribution in [2.45, 2.75) is 6.92 Å². The summed E-state index contributed by atoms with van der Waals surface area (Å²) >= 11 is 0. The molecule has 0 unspecified atom stereocenters. The summed E-state index contributed by atoms with van der Waals surface area (Å²) in [7, 11) is 0. The first-order chi connectivity index (χ1) is 7.70. The summed E-state index contributed by atoms with van der Waals surface area (Å²) in [6.45, 7) is 1.72. The Morgan fingerprint density at radius 3 is 2.88 bits per heavy atom. The van der Waals surface area contributed by atoms with E-state index in [1.807, 2.05) is 0 Å². The zero-order valence-corrected chi connectivity index (χ0v) is 8.64. The molecule has 1 aromatic carbocycles. The van der Waals surface area contributed by atoms with Gasteiger partial charge in [0.05, 0.1) is 11.3 Å². The predicted octanol–water partition coefficient (Wildman–Crippen LogP) is 2.40. The predicted molar refractivity (Wildman–Crippen MR) is 57.6 cm³/mol. The lowest BCUT2D eigenvalue weighted by Gasteiger charge is -2.04. The summed E-state index contributed by atoms with van der Waals surface area (Å²) in [4.78, 5) is 18.9. The standard InChI is InChI=1S/C12H9FN2O/c1-8-14-6-10(7-16)12(15-8)9-3-2-4-11(13)5-9/h2-7H,1H3. The highest BCUT2D eigenvalue weighted by Gasteiger charge is 2.08. The number of nitrogens with zero attached hydrogens (tertiary/aromatic N) is 2. The number of hydrogen-bond donors (Lipinski definition) is 0. The molecule has 0 aliphatic rings. The quantitative estimate of drug-likeness (QED) is 0.724. The van der Waals surface area contributed by atoms with Crippen LogP contribution in [0.15, 0.2) is 30.5 Å². The first-order valence-electron chi connectivity index (χ1n) is 4.75. The highest BCUT2D eigenvalue weighted by molar-refractivity contribution is 5.85. The Hall–Kier alpha value is -2.10. The summed E-state index contributed by atoms with van der Waals surface area (Å²) in [6, 6.07) is 5.97. The van der Waals surface area contributed by atoms with Crippen molar-refractivity contribution in [3.05, 3.63) is 47.7 Å². The third-order valence-electron chi connectivity index (χ3n) is 2.16. The second-order valence-electron chi connectivity index (χ2n) is 3.35. The summed E-state index contributed by atoms with van der Waals surface area (Å²) in [5, 5.41) is 0. The molecule has 16 heavy (non-hydrogen) atoms. The van der Waals surface area contributed by atoms with Gasteiger partial charge in [-0.05, 0) is 19.1 Å². The van der Waals surface area contributed by atoms with E-state index < -0.39 is 0 Å². The van der Waals surface area contributed by atoms with Crippen LogP contribution < -0.4 is 0 Å². The van der Waals surface area contributed by atoms with E-state index in [4.69, 9.17) is 0 Å². The number of benzene rings is 1. The van der Waals surface area contributed by atoms with Crippen LogP contribution in [-0.4, -0.2) is 16.3 Å². The molecular formula is C12H9FN2O. The first-order valence-corrected chi connectivity index (χ1v) is 4.75. The average molecular weight is 216 g/mol. The van der Waals surface area contributed by atoms with E-state index in [0.717, 1.165) is 0 Å². The van der Waals surface area contributed by atoms with Crippen molar-refractivity contribution >= 4 is 6.29 Å². The summed E-state index contributed by atoms with van der Waals surface area (Å²) in [5.74, 6) is 0.190. The first kappa shape index (κ1) is 10.4. The number of rotatable bonds is 2. The number of aromatic nitrogens is 2. The minimum absolute atomic E-state index is 0.356. The normalized spacial score (nSPS) is 10.1. The zero-order chi connectivity index (χ0) is 11.5. The molecule has 0 aliphatic carbocycles. The number of carbonyl (C=O) groups is 1. The van der Waals surface area contributed by atoms with Crippen molar-refractivity contribution < 1.29 is 9.18 Å². The Kier molecular flexibility index (Phi) is 2.72. The lowest BCUT2D eigenvalue weighted by molar-refractivity contribution is 0.112. The molecule has 0 saturated heterocycles. The van der Waals surface area contributed by atoms with Gasteiger partial charge in [0.15, 0.2) is 6.29 Å². The number of aryl methyl sites for hydroxylation is 1. The van der Waals surface area contributed by atoms with Crippen LogP contribution in [-0.2, 0) is 0 Å². The van der Waals surface area contributed by atoms with Crippen molar-refractivity contribution in [1.82, 2.24) is 9.97 Å². The van der Waals surface area contributed by atoms with Crippen LogP contribution in [0, 0.1) is 12.7 Å². The maximum atomic E-state index is 13.1. The van der Waals surface area contributed by atoms with Crippen molar-refractivity contribution in [3.63, 3.8) is 0 Å². The van der Waals surface area contributed by atoms with Crippen LogP contribution in [0.3, 0.4) is 0 Å². The smallest absolute Gasteiger partial charge is 0.153 e. The van der Waals surface area contributed by atoms with Crippen LogP contribution in [0.2, 0.25) is 0 Å². The molecule has 0 fully saturated rings. The summed E-state index contributed by atoms with van der Waals surface area (Å²) in [6.07, 6.45) is 2.11. The molecule has 1 heterocycles. The summed E-state index contributed by atoms with van der Waals surface area (Å²) in [5.41, 5.74) is 1.39. The molecule has 1 aromatic heterocycles. The minimum Gasteiger partial charge on any atom is -0.298 e. The Morgan fingerprint density at radius 2 is 2.19 bits per heavy atom. The van der Waals surface area contributed by atoms with E-state index in [2.05, 4.69) is 9.97 Å². The van der Waals surface area contributed by atoms with E-state index in [-0.39, 0.29) is 5.82 Å². The molecule has 80 valence electrons. The third kappa shape index (κ3) is 1.95. The Morgan fingerprint density at radius 1 is 1.38 bits per heavy atom. The number of halogens is 1. The second-order valence-corrected chi connectivity index (χ2v) is 3.35. The molecule has 2 aromatic rings. The molecule has 0 saturated carbocycles. The fourth-order valence-electron chi connectivity index (χ4n) is 1.43. The lowest BCUT2D eigenvalue weighted by atomic mass is 10.1. The zero-order valence-electron chi connectivity index (χ0n) is 8.64. The molecule has 2 rings (SSSR count). The van der Waals surface area contributed by atoms with E-state index in [0.29, 0.717) is 28.9 Å². The molecule has 3 nitrogen and oxygen atoms in total. The van der Waals surface area contributed by atoms with Gasteiger partial charge in [-0.2, -0.15) is 0 Å². The van der Waals surface area contributed by atoms with Gasteiger partial charge < -0.3 is 0 Å². The molecule has 0 amide bonds. The lowest BCUT2D eigenvalue weighted by Crippen LogP contribution is -1.97. The van der Waals surface area contributed by atoms with Gasteiger partial charge in [-0.1, -0.05) is 12.1 Å². The maximum Gasteiger partial charge on any atom is 0.153 e. The number of hydrogen-bond acceptors (Lipinski definition) is 3. The maximum absolute atomic E-state index is 13.1. The molecule has 0 aliphatic heterocycles.